The Labute approximate surface area is 139 Å². The van der Waals surface area contributed by atoms with Crippen molar-refractivity contribution in [3.63, 3.8) is 0 Å². The number of aromatic amines is 1. The zero-order valence-corrected chi connectivity index (χ0v) is 14.7. The molecule has 0 aliphatic carbocycles. The molecule has 2 aromatic heterocycles. The fourth-order valence-electron chi connectivity index (χ4n) is 1.65. The van der Waals surface area contributed by atoms with E-state index in [0.29, 0.717) is 5.52 Å². The van der Waals surface area contributed by atoms with Gasteiger partial charge in [0, 0.05) is 10.8 Å². The number of aromatic nitrogens is 4. The maximum absolute atomic E-state index is 12.3. The van der Waals surface area contributed by atoms with Gasteiger partial charge in [-0.1, -0.05) is 41.5 Å². The normalized spacial score (nSPS) is 12.2. The van der Waals surface area contributed by atoms with Crippen LogP contribution < -0.4 is 16.4 Å². The van der Waals surface area contributed by atoms with Crippen molar-refractivity contribution in [2.24, 2.45) is 10.8 Å². The van der Waals surface area contributed by atoms with Crippen LogP contribution in [-0.4, -0.2) is 31.8 Å². The first-order chi connectivity index (χ1) is 10.9. The van der Waals surface area contributed by atoms with Crippen LogP contribution in [0.2, 0.25) is 0 Å². The number of nitrogens with one attached hydrogen (secondary N) is 3. The number of hydrogen-bond acceptors (Lipinski definition) is 6. The van der Waals surface area contributed by atoms with Crippen molar-refractivity contribution >= 4 is 40.7 Å². The summed E-state index contributed by atoms with van der Waals surface area (Å²) in [4.78, 5) is 39.6. The summed E-state index contributed by atoms with van der Waals surface area (Å²) in [5, 5.41) is 5.35. The maximum Gasteiger partial charge on any atom is 0.233 e. The number of nitrogens with zero attached hydrogens (tertiary/aromatic N) is 3. The van der Waals surface area contributed by atoms with E-state index in [1.54, 1.807) is 41.5 Å². The van der Waals surface area contributed by atoms with Gasteiger partial charge in [0.1, 0.15) is 5.52 Å². The van der Waals surface area contributed by atoms with Crippen molar-refractivity contribution in [1.29, 1.82) is 0 Å². The first kappa shape index (κ1) is 17.6. The molecule has 9 heteroatoms. The molecule has 0 aliphatic heterocycles. The lowest BCUT2D eigenvalue weighted by Gasteiger charge is -2.19. The number of carbonyl (C=O) groups is 2. The van der Waals surface area contributed by atoms with Crippen LogP contribution in [0, 0.1) is 10.8 Å². The lowest BCUT2D eigenvalue weighted by atomic mass is 9.96. The Morgan fingerprint density at radius 3 is 2.00 bits per heavy atom. The summed E-state index contributed by atoms with van der Waals surface area (Å²) in [7, 11) is 0. The van der Waals surface area contributed by atoms with E-state index in [2.05, 4.69) is 30.6 Å². The van der Waals surface area contributed by atoms with Gasteiger partial charge in [-0.3, -0.25) is 14.9 Å². The molecule has 0 spiro atoms. The largest absolute Gasteiger partial charge is 0.369 e. The van der Waals surface area contributed by atoms with Gasteiger partial charge in [0.25, 0.3) is 0 Å². The molecular formula is C15H23N7O2. The van der Waals surface area contributed by atoms with E-state index in [-0.39, 0.29) is 35.2 Å². The Balaban J connectivity index is 2.45. The van der Waals surface area contributed by atoms with E-state index < -0.39 is 10.8 Å². The van der Waals surface area contributed by atoms with Crippen LogP contribution in [0.15, 0.2) is 0 Å². The summed E-state index contributed by atoms with van der Waals surface area (Å²) in [6.07, 6.45) is 0. The van der Waals surface area contributed by atoms with E-state index in [1.165, 1.54) is 0 Å². The minimum atomic E-state index is -0.613. The average molecular weight is 333 g/mol. The molecule has 2 rings (SSSR count). The summed E-state index contributed by atoms with van der Waals surface area (Å²) in [6.45, 7) is 10.7. The Morgan fingerprint density at radius 1 is 0.917 bits per heavy atom. The predicted octanol–water partition coefficient (Wildman–Crippen LogP) is 1.90. The smallest absolute Gasteiger partial charge is 0.233 e. The molecule has 0 atom stereocenters. The summed E-state index contributed by atoms with van der Waals surface area (Å²) < 4.78 is 0. The first-order valence-electron chi connectivity index (χ1n) is 7.54. The first-order valence-corrected chi connectivity index (χ1v) is 7.54. The second-order valence-electron chi connectivity index (χ2n) is 7.62. The van der Waals surface area contributed by atoms with Crippen LogP contribution in [0.3, 0.4) is 0 Å². The Morgan fingerprint density at radius 2 is 1.46 bits per heavy atom. The minimum absolute atomic E-state index is 0.0538. The molecule has 0 radical (unpaired) electrons. The molecule has 2 aromatic rings. The van der Waals surface area contributed by atoms with E-state index in [0.717, 1.165) is 0 Å². The molecule has 0 saturated carbocycles. The highest BCUT2D eigenvalue weighted by Gasteiger charge is 2.25. The van der Waals surface area contributed by atoms with Gasteiger partial charge < -0.3 is 16.0 Å². The van der Waals surface area contributed by atoms with Crippen LogP contribution in [0.1, 0.15) is 41.5 Å². The zero-order chi connectivity index (χ0) is 18.3. The Bertz CT molecular complexity index is 796. The minimum Gasteiger partial charge on any atom is -0.369 e. The SMILES string of the molecule is CC(C)(C)C(=O)Nc1nc(NC(=O)C(C)(C)C)c2[nH]c(N)nc2n1. The highest BCUT2D eigenvalue weighted by Crippen LogP contribution is 2.24. The number of nitrogen functional groups attached to an aromatic ring is 1. The van der Waals surface area contributed by atoms with Gasteiger partial charge in [0.15, 0.2) is 17.4 Å². The van der Waals surface area contributed by atoms with Crippen LogP contribution in [0.5, 0.6) is 0 Å². The molecule has 0 saturated heterocycles. The van der Waals surface area contributed by atoms with Crippen molar-refractivity contribution < 1.29 is 9.59 Å². The summed E-state index contributed by atoms with van der Waals surface area (Å²) in [5.74, 6) is -0.0708. The standard InChI is InChI=1S/C15H23N7O2/c1-14(2,3)10(23)18-8-7-9(19-12(16)17-7)21-13(20-8)22-11(24)15(4,5)6/h1-6H3,(H5,16,17,18,19,20,21,22,23,24). The topological polar surface area (TPSA) is 139 Å². The third kappa shape index (κ3) is 3.79. The van der Waals surface area contributed by atoms with Gasteiger partial charge in [0.05, 0.1) is 0 Å². The molecule has 24 heavy (non-hydrogen) atoms. The number of fused-ring (bicyclic) bond motifs is 1. The van der Waals surface area contributed by atoms with Crippen molar-refractivity contribution in [3.8, 4) is 0 Å². The number of anilines is 3. The molecule has 0 unspecified atom stereocenters. The molecule has 2 amide bonds. The monoisotopic (exact) mass is 333 g/mol. The van der Waals surface area contributed by atoms with E-state index in [1.807, 2.05) is 0 Å². The maximum atomic E-state index is 12.3. The van der Waals surface area contributed by atoms with Crippen LogP contribution in [0.4, 0.5) is 17.7 Å². The lowest BCUT2D eigenvalue weighted by Crippen LogP contribution is -2.30. The average Bonchev–Trinajstić information content (AvgIpc) is 2.77. The Kier molecular flexibility index (Phi) is 4.21. The molecule has 0 aliphatic rings. The highest BCUT2D eigenvalue weighted by molar-refractivity contribution is 6.01. The third-order valence-corrected chi connectivity index (χ3v) is 3.19. The van der Waals surface area contributed by atoms with Crippen LogP contribution in [0.25, 0.3) is 11.2 Å². The quantitative estimate of drug-likeness (QED) is 0.662. The van der Waals surface area contributed by atoms with Crippen LogP contribution >= 0.6 is 0 Å². The summed E-state index contributed by atoms with van der Waals surface area (Å²) >= 11 is 0. The van der Waals surface area contributed by atoms with Crippen molar-refractivity contribution in [3.05, 3.63) is 0 Å². The molecule has 0 bridgehead atoms. The van der Waals surface area contributed by atoms with E-state index in [4.69, 9.17) is 5.73 Å². The zero-order valence-electron chi connectivity index (χ0n) is 14.7. The lowest BCUT2D eigenvalue weighted by molar-refractivity contribution is -0.123. The fraction of sp³-hybridized carbons (Fsp3) is 0.533. The van der Waals surface area contributed by atoms with Crippen molar-refractivity contribution in [2.45, 2.75) is 41.5 Å². The summed E-state index contributed by atoms with van der Waals surface area (Å²) in [6, 6.07) is 0. The molecule has 0 fully saturated rings. The number of nitrogens with two attached hydrogens (primary N) is 1. The van der Waals surface area contributed by atoms with Gasteiger partial charge >= 0.3 is 0 Å². The molecule has 0 aromatic carbocycles. The summed E-state index contributed by atoms with van der Waals surface area (Å²) in [5.41, 5.74) is 5.10. The van der Waals surface area contributed by atoms with E-state index in [9.17, 15) is 9.59 Å². The number of rotatable bonds is 2. The molecule has 5 N–H and O–H groups in total. The van der Waals surface area contributed by atoms with Gasteiger partial charge in [-0.25, -0.2) is 0 Å². The molecule has 9 nitrogen and oxygen atoms in total. The molecular weight excluding hydrogens is 310 g/mol. The number of H-pyrrole nitrogens is 1. The predicted molar refractivity (Wildman–Crippen MR) is 92.3 cm³/mol. The van der Waals surface area contributed by atoms with Gasteiger partial charge in [-0.05, 0) is 0 Å². The van der Waals surface area contributed by atoms with Gasteiger partial charge in [-0.15, -0.1) is 0 Å². The second kappa shape index (κ2) is 5.73. The number of carbonyl (C=O) groups excluding carboxylic acids is 2. The number of hydrogen-bond donors (Lipinski definition) is 4. The number of amides is 2. The molecule has 130 valence electrons. The van der Waals surface area contributed by atoms with Crippen molar-refractivity contribution in [1.82, 2.24) is 19.9 Å². The third-order valence-electron chi connectivity index (χ3n) is 3.19. The molecule has 2 heterocycles. The fourth-order valence-corrected chi connectivity index (χ4v) is 1.65. The van der Waals surface area contributed by atoms with Gasteiger partial charge in [-0.2, -0.15) is 15.0 Å². The van der Waals surface area contributed by atoms with Crippen molar-refractivity contribution in [2.75, 3.05) is 16.4 Å². The highest BCUT2D eigenvalue weighted by atomic mass is 16.2. The second-order valence-corrected chi connectivity index (χ2v) is 7.62. The van der Waals surface area contributed by atoms with E-state index >= 15 is 0 Å². The Hall–Kier alpha value is -2.71. The van der Waals surface area contributed by atoms with Crippen LogP contribution in [-0.2, 0) is 9.59 Å². The number of imidazole rings is 1. The van der Waals surface area contributed by atoms with Gasteiger partial charge in [0.2, 0.25) is 17.8 Å².